The van der Waals surface area contributed by atoms with Crippen molar-refractivity contribution >= 4 is 21.8 Å². The van der Waals surface area contributed by atoms with Gasteiger partial charge in [-0.25, -0.2) is 0 Å². The Bertz CT molecular complexity index is 453. The predicted molar refractivity (Wildman–Crippen MR) is 83.1 cm³/mol. The van der Waals surface area contributed by atoms with Gasteiger partial charge in [-0.05, 0) is 50.7 Å². The molecule has 1 heterocycles. The van der Waals surface area contributed by atoms with Gasteiger partial charge in [0.25, 0.3) is 5.91 Å². The fourth-order valence-corrected chi connectivity index (χ4v) is 3.61. The topological polar surface area (TPSA) is 20.3 Å². The second kappa shape index (κ2) is 6.08. The molecule has 0 radical (unpaired) electrons. The van der Waals surface area contributed by atoms with Crippen LogP contribution >= 0.6 is 15.9 Å². The maximum atomic E-state index is 12.7. The second-order valence-electron chi connectivity index (χ2n) is 5.66. The summed E-state index contributed by atoms with van der Waals surface area (Å²) < 4.78 is 0. The van der Waals surface area contributed by atoms with Crippen molar-refractivity contribution < 1.29 is 4.79 Å². The molecule has 1 aliphatic rings. The lowest BCUT2D eigenvalue weighted by Crippen LogP contribution is -2.39. The van der Waals surface area contributed by atoms with Gasteiger partial charge in [0.15, 0.2) is 0 Å². The summed E-state index contributed by atoms with van der Waals surface area (Å²) >= 11 is 3.54. The highest BCUT2D eigenvalue weighted by molar-refractivity contribution is 9.09. The summed E-state index contributed by atoms with van der Waals surface area (Å²) in [6.07, 6.45) is 2.22. The molecule has 19 heavy (non-hydrogen) atoms. The van der Waals surface area contributed by atoms with Gasteiger partial charge < -0.3 is 4.90 Å². The monoisotopic (exact) mass is 323 g/mol. The highest BCUT2D eigenvalue weighted by Gasteiger charge is 2.24. The minimum atomic E-state index is 0.211. The summed E-state index contributed by atoms with van der Waals surface area (Å²) in [4.78, 5) is 14.7. The Morgan fingerprint density at radius 3 is 2.21 bits per heavy atom. The minimum Gasteiger partial charge on any atom is -0.339 e. The molecular formula is C16H22BrNO. The average molecular weight is 324 g/mol. The van der Waals surface area contributed by atoms with Gasteiger partial charge in [-0.15, -0.1) is 0 Å². The van der Waals surface area contributed by atoms with Gasteiger partial charge in [0, 0.05) is 24.0 Å². The number of carbonyl (C=O) groups excluding carboxylic acids is 1. The van der Waals surface area contributed by atoms with Crippen LogP contribution in [-0.2, 0) is 0 Å². The molecule has 0 aromatic heterocycles. The van der Waals surface area contributed by atoms with Crippen LogP contribution in [0.5, 0.6) is 0 Å². The smallest absolute Gasteiger partial charge is 0.254 e. The first-order valence-electron chi connectivity index (χ1n) is 6.96. The molecule has 1 amide bonds. The Kier molecular flexibility index (Phi) is 4.67. The van der Waals surface area contributed by atoms with E-state index in [1.807, 2.05) is 18.7 Å². The number of benzene rings is 1. The lowest BCUT2D eigenvalue weighted by atomic mass is 9.95. The maximum absolute atomic E-state index is 12.7. The van der Waals surface area contributed by atoms with Crippen LogP contribution < -0.4 is 0 Å². The van der Waals surface area contributed by atoms with Crippen LogP contribution in [0.4, 0.5) is 0 Å². The van der Waals surface area contributed by atoms with Gasteiger partial charge in [0.05, 0.1) is 0 Å². The van der Waals surface area contributed by atoms with Crippen molar-refractivity contribution in [3.63, 3.8) is 0 Å². The van der Waals surface area contributed by atoms with Crippen molar-refractivity contribution in [3.8, 4) is 0 Å². The molecule has 0 unspecified atom stereocenters. The van der Waals surface area contributed by atoms with Crippen LogP contribution in [0.3, 0.4) is 0 Å². The van der Waals surface area contributed by atoms with Gasteiger partial charge >= 0.3 is 0 Å². The Morgan fingerprint density at radius 2 is 1.74 bits per heavy atom. The van der Waals surface area contributed by atoms with E-state index in [0.29, 0.717) is 0 Å². The summed E-state index contributed by atoms with van der Waals surface area (Å²) in [6, 6.07) is 4.21. The van der Waals surface area contributed by atoms with Gasteiger partial charge in [-0.3, -0.25) is 4.79 Å². The first kappa shape index (κ1) is 14.6. The molecule has 0 saturated carbocycles. The zero-order chi connectivity index (χ0) is 14.0. The number of likely N-dealkylation sites (tertiary alicyclic amines) is 1. The number of hydrogen-bond acceptors (Lipinski definition) is 1. The molecule has 1 saturated heterocycles. The van der Waals surface area contributed by atoms with Crippen molar-refractivity contribution in [3.05, 3.63) is 34.4 Å². The fourth-order valence-electron chi connectivity index (χ4n) is 2.97. The van der Waals surface area contributed by atoms with E-state index in [9.17, 15) is 4.79 Å². The quantitative estimate of drug-likeness (QED) is 0.757. The van der Waals surface area contributed by atoms with E-state index < -0.39 is 0 Å². The van der Waals surface area contributed by atoms with Crippen LogP contribution in [0.25, 0.3) is 0 Å². The summed E-state index contributed by atoms with van der Waals surface area (Å²) in [7, 11) is 0. The zero-order valence-corrected chi connectivity index (χ0v) is 13.6. The molecule has 2 nitrogen and oxygen atoms in total. The molecule has 1 aliphatic heterocycles. The van der Waals surface area contributed by atoms with Crippen molar-refractivity contribution in [1.29, 1.82) is 0 Å². The molecule has 2 rings (SSSR count). The van der Waals surface area contributed by atoms with E-state index in [2.05, 4.69) is 35.0 Å². The van der Waals surface area contributed by atoms with Crippen LogP contribution in [0.2, 0.25) is 0 Å². The Morgan fingerprint density at radius 1 is 1.21 bits per heavy atom. The second-order valence-corrected chi connectivity index (χ2v) is 6.31. The fraction of sp³-hybridized carbons (Fsp3) is 0.562. The molecule has 1 aromatic rings. The molecule has 0 N–H and O–H groups in total. The van der Waals surface area contributed by atoms with Crippen LogP contribution in [0.1, 0.15) is 39.9 Å². The SMILES string of the molecule is Cc1cc(C)c(C(=O)N2CCC(CBr)CC2)c(C)c1. The third-order valence-electron chi connectivity index (χ3n) is 4.01. The summed E-state index contributed by atoms with van der Waals surface area (Å²) in [6.45, 7) is 7.94. The third kappa shape index (κ3) is 3.19. The lowest BCUT2D eigenvalue weighted by molar-refractivity contribution is 0.0697. The number of rotatable bonds is 2. The number of amides is 1. The number of piperidine rings is 1. The minimum absolute atomic E-state index is 0.211. The van der Waals surface area contributed by atoms with E-state index in [1.54, 1.807) is 0 Å². The molecule has 3 heteroatoms. The van der Waals surface area contributed by atoms with E-state index in [4.69, 9.17) is 0 Å². The van der Waals surface area contributed by atoms with Gasteiger partial charge in [0.2, 0.25) is 0 Å². The molecule has 1 aromatic carbocycles. The first-order valence-corrected chi connectivity index (χ1v) is 8.08. The molecule has 0 atom stereocenters. The Balaban J connectivity index is 2.17. The van der Waals surface area contributed by atoms with Crippen LogP contribution in [-0.4, -0.2) is 29.2 Å². The van der Waals surface area contributed by atoms with Gasteiger partial charge in [-0.2, -0.15) is 0 Å². The summed E-state index contributed by atoms with van der Waals surface area (Å²) in [5.74, 6) is 0.937. The molecule has 0 spiro atoms. The molecule has 104 valence electrons. The van der Waals surface area contributed by atoms with Crippen molar-refractivity contribution in [2.45, 2.75) is 33.6 Å². The van der Waals surface area contributed by atoms with Crippen molar-refractivity contribution in [2.75, 3.05) is 18.4 Å². The van der Waals surface area contributed by atoms with Crippen LogP contribution in [0, 0.1) is 26.7 Å². The lowest BCUT2D eigenvalue weighted by Gasteiger charge is -2.32. The number of hydrogen-bond donors (Lipinski definition) is 0. The zero-order valence-electron chi connectivity index (χ0n) is 12.0. The highest BCUT2D eigenvalue weighted by Crippen LogP contribution is 2.23. The summed E-state index contributed by atoms with van der Waals surface area (Å²) in [5, 5.41) is 1.05. The van der Waals surface area contributed by atoms with Crippen molar-refractivity contribution in [1.82, 2.24) is 4.90 Å². The molecule has 1 fully saturated rings. The maximum Gasteiger partial charge on any atom is 0.254 e. The van der Waals surface area contributed by atoms with E-state index in [1.165, 1.54) is 5.56 Å². The highest BCUT2D eigenvalue weighted by atomic mass is 79.9. The summed E-state index contributed by atoms with van der Waals surface area (Å²) in [5.41, 5.74) is 4.34. The number of halogens is 1. The molecular weight excluding hydrogens is 302 g/mol. The molecule has 0 aliphatic carbocycles. The number of aryl methyl sites for hydroxylation is 3. The Hall–Kier alpha value is -0.830. The largest absolute Gasteiger partial charge is 0.339 e. The first-order chi connectivity index (χ1) is 9.02. The Labute approximate surface area is 124 Å². The predicted octanol–water partition coefficient (Wildman–Crippen LogP) is 3.86. The number of alkyl halides is 1. The average Bonchev–Trinajstić information content (AvgIpc) is 2.37. The standard InChI is InChI=1S/C16H22BrNO/c1-11-8-12(2)15(13(3)9-11)16(19)18-6-4-14(10-17)5-7-18/h8-9,14H,4-7,10H2,1-3H3. The van der Waals surface area contributed by atoms with Gasteiger partial charge in [-0.1, -0.05) is 33.6 Å². The van der Waals surface area contributed by atoms with Gasteiger partial charge in [0.1, 0.15) is 0 Å². The number of carbonyl (C=O) groups is 1. The van der Waals surface area contributed by atoms with E-state index in [-0.39, 0.29) is 5.91 Å². The number of nitrogens with zero attached hydrogens (tertiary/aromatic N) is 1. The van der Waals surface area contributed by atoms with Crippen LogP contribution in [0.15, 0.2) is 12.1 Å². The molecule has 0 bridgehead atoms. The third-order valence-corrected chi connectivity index (χ3v) is 4.93. The van der Waals surface area contributed by atoms with E-state index >= 15 is 0 Å². The van der Waals surface area contributed by atoms with Crippen molar-refractivity contribution in [2.24, 2.45) is 5.92 Å². The van der Waals surface area contributed by atoms with E-state index in [0.717, 1.165) is 53.9 Å². The normalized spacial score (nSPS) is 16.7.